The van der Waals surface area contributed by atoms with Crippen molar-refractivity contribution in [1.82, 2.24) is 5.32 Å². The van der Waals surface area contributed by atoms with Crippen LogP contribution in [0, 0.1) is 5.92 Å². The lowest BCUT2D eigenvalue weighted by atomic mass is 9.85. The maximum Gasteiger partial charge on any atom is 0.217 e. The maximum atomic E-state index is 11.0. The molecule has 70 valence electrons. The Hall–Kier alpha value is -0.530. The van der Waals surface area contributed by atoms with Crippen molar-refractivity contribution in [2.24, 2.45) is 5.92 Å². The zero-order chi connectivity index (χ0) is 9.19. The lowest BCUT2D eigenvalue weighted by molar-refractivity contribution is -0.121. The van der Waals surface area contributed by atoms with Crippen molar-refractivity contribution in [3.05, 3.63) is 0 Å². The Labute approximate surface area is 74.7 Å². The Morgan fingerprint density at radius 2 is 1.83 bits per heavy atom. The van der Waals surface area contributed by atoms with Crippen LogP contribution in [-0.4, -0.2) is 11.4 Å². The smallest absolute Gasteiger partial charge is 0.217 e. The number of nitrogens with one attached hydrogen (secondary N) is 1. The van der Waals surface area contributed by atoms with Crippen LogP contribution in [0.25, 0.3) is 0 Å². The first kappa shape index (κ1) is 9.56. The largest absolute Gasteiger partial charge is 0.351 e. The van der Waals surface area contributed by atoms with Gasteiger partial charge in [-0.15, -0.1) is 0 Å². The first-order valence-electron chi connectivity index (χ1n) is 4.85. The van der Waals surface area contributed by atoms with Crippen molar-refractivity contribution in [2.75, 3.05) is 0 Å². The van der Waals surface area contributed by atoms with Crippen molar-refractivity contribution < 1.29 is 4.79 Å². The van der Waals surface area contributed by atoms with Gasteiger partial charge in [0.25, 0.3) is 0 Å². The number of rotatable bonds is 2. The van der Waals surface area contributed by atoms with Gasteiger partial charge < -0.3 is 5.32 Å². The molecule has 0 spiro atoms. The SMILES string of the molecule is CC(=O)NC1(C(C)C)CCCC1. The molecule has 1 saturated carbocycles. The predicted molar refractivity (Wildman–Crippen MR) is 49.9 cm³/mol. The van der Waals surface area contributed by atoms with Gasteiger partial charge in [0.05, 0.1) is 0 Å². The summed E-state index contributed by atoms with van der Waals surface area (Å²) in [5.41, 5.74) is 0.117. The second kappa shape index (κ2) is 3.46. The van der Waals surface area contributed by atoms with Gasteiger partial charge >= 0.3 is 0 Å². The minimum atomic E-state index is 0.116. The Morgan fingerprint density at radius 3 is 2.17 bits per heavy atom. The van der Waals surface area contributed by atoms with Gasteiger partial charge in [-0.25, -0.2) is 0 Å². The summed E-state index contributed by atoms with van der Waals surface area (Å²) < 4.78 is 0. The summed E-state index contributed by atoms with van der Waals surface area (Å²) in [5, 5.41) is 3.12. The minimum Gasteiger partial charge on any atom is -0.351 e. The average Bonchev–Trinajstić information content (AvgIpc) is 2.35. The molecule has 2 heteroatoms. The normalized spacial score (nSPS) is 21.3. The molecule has 0 heterocycles. The second-order valence-electron chi connectivity index (χ2n) is 4.20. The third-order valence-electron chi connectivity index (χ3n) is 3.03. The number of hydrogen-bond acceptors (Lipinski definition) is 1. The van der Waals surface area contributed by atoms with Crippen molar-refractivity contribution in [3.8, 4) is 0 Å². The molecule has 1 N–H and O–H groups in total. The van der Waals surface area contributed by atoms with Gasteiger partial charge in [0, 0.05) is 12.5 Å². The molecule has 1 aliphatic rings. The van der Waals surface area contributed by atoms with Crippen molar-refractivity contribution in [1.29, 1.82) is 0 Å². The van der Waals surface area contributed by atoms with Crippen LogP contribution in [0.2, 0.25) is 0 Å². The molecule has 0 unspecified atom stereocenters. The molecule has 0 aromatic heterocycles. The summed E-state index contributed by atoms with van der Waals surface area (Å²) in [6, 6.07) is 0. The number of carbonyl (C=O) groups excluding carboxylic acids is 1. The fraction of sp³-hybridized carbons (Fsp3) is 0.900. The van der Waals surface area contributed by atoms with E-state index >= 15 is 0 Å². The first-order valence-corrected chi connectivity index (χ1v) is 4.85. The van der Waals surface area contributed by atoms with E-state index in [9.17, 15) is 4.79 Å². The van der Waals surface area contributed by atoms with Gasteiger partial charge in [0.1, 0.15) is 0 Å². The van der Waals surface area contributed by atoms with Gasteiger partial charge in [-0.3, -0.25) is 4.79 Å². The van der Waals surface area contributed by atoms with Gasteiger partial charge in [0.2, 0.25) is 5.91 Å². The third-order valence-corrected chi connectivity index (χ3v) is 3.03. The molecule has 12 heavy (non-hydrogen) atoms. The van der Waals surface area contributed by atoms with Crippen LogP contribution in [0.3, 0.4) is 0 Å². The lowest BCUT2D eigenvalue weighted by Gasteiger charge is -2.34. The van der Waals surface area contributed by atoms with Crippen LogP contribution < -0.4 is 5.32 Å². The van der Waals surface area contributed by atoms with E-state index in [1.807, 2.05) is 0 Å². The van der Waals surface area contributed by atoms with Crippen molar-refractivity contribution in [3.63, 3.8) is 0 Å². The van der Waals surface area contributed by atoms with E-state index in [0.717, 1.165) is 12.8 Å². The highest BCUT2D eigenvalue weighted by atomic mass is 16.1. The summed E-state index contributed by atoms with van der Waals surface area (Å²) in [6.07, 6.45) is 4.84. The van der Waals surface area contributed by atoms with Crippen LogP contribution in [0.15, 0.2) is 0 Å². The molecule has 1 amide bonds. The molecule has 0 aliphatic heterocycles. The van der Waals surface area contributed by atoms with E-state index in [0.29, 0.717) is 5.92 Å². The fourth-order valence-electron chi connectivity index (χ4n) is 2.20. The van der Waals surface area contributed by atoms with Crippen LogP contribution in [-0.2, 0) is 4.79 Å². The molecule has 0 saturated heterocycles. The van der Waals surface area contributed by atoms with Crippen molar-refractivity contribution in [2.45, 2.75) is 52.0 Å². The molecule has 1 rings (SSSR count). The molecule has 2 nitrogen and oxygen atoms in total. The predicted octanol–water partition coefficient (Wildman–Crippen LogP) is 2.09. The van der Waals surface area contributed by atoms with Crippen LogP contribution in [0.5, 0.6) is 0 Å². The Kier molecular flexibility index (Phi) is 2.76. The van der Waals surface area contributed by atoms with Gasteiger partial charge in [-0.1, -0.05) is 26.7 Å². The first-order chi connectivity index (χ1) is 5.57. The Morgan fingerprint density at radius 1 is 1.33 bits per heavy atom. The zero-order valence-electron chi connectivity index (χ0n) is 8.31. The average molecular weight is 169 g/mol. The summed E-state index contributed by atoms with van der Waals surface area (Å²) in [5.74, 6) is 0.675. The third kappa shape index (κ3) is 1.79. The molecule has 0 aromatic rings. The molecule has 0 aromatic carbocycles. The highest BCUT2D eigenvalue weighted by molar-refractivity contribution is 5.73. The van der Waals surface area contributed by atoms with E-state index in [-0.39, 0.29) is 11.4 Å². The monoisotopic (exact) mass is 169 g/mol. The molecular formula is C10H19NO. The van der Waals surface area contributed by atoms with E-state index in [4.69, 9.17) is 0 Å². The standard InChI is InChI=1S/C10H19NO/c1-8(2)10(11-9(3)12)6-4-5-7-10/h8H,4-7H2,1-3H3,(H,11,12). The topological polar surface area (TPSA) is 29.1 Å². The van der Waals surface area contributed by atoms with Crippen LogP contribution in [0.1, 0.15) is 46.5 Å². The maximum absolute atomic E-state index is 11.0. The van der Waals surface area contributed by atoms with E-state index in [1.165, 1.54) is 12.8 Å². The molecule has 1 aliphatic carbocycles. The number of hydrogen-bond donors (Lipinski definition) is 1. The van der Waals surface area contributed by atoms with E-state index in [2.05, 4.69) is 19.2 Å². The van der Waals surface area contributed by atoms with Crippen LogP contribution >= 0.6 is 0 Å². The molecule has 1 fully saturated rings. The Balaban J connectivity index is 2.65. The summed E-state index contributed by atoms with van der Waals surface area (Å²) in [4.78, 5) is 11.0. The van der Waals surface area contributed by atoms with Gasteiger partial charge in [-0.05, 0) is 18.8 Å². The van der Waals surface area contributed by atoms with Gasteiger partial charge in [0.15, 0.2) is 0 Å². The summed E-state index contributed by atoms with van der Waals surface area (Å²) in [6.45, 7) is 6.00. The number of amides is 1. The summed E-state index contributed by atoms with van der Waals surface area (Å²) >= 11 is 0. The highest BCUT2D eigenvalue weighted by Crippen LogP contribution is 2.35. The minimum absolute atomic E-state index is 0.116. The molecule has 0 atom stereocenters. The Bertz CT molecular complexity index is 169. The zero-order valence-corrected chi connectivity index (χ0v) is 8.31. The molecular weight excluding hydrogens is 150 g/mol. The fourth-order valence-corrected chi connectivity index (χ4v) is 2.20. The van der Waals surface area contributed by atoms with Gasteiger partial charge in [-0.2, -0.15) is 0 Å². The lowest BCUT2D eigenvalue weighted by Crippen LogP contribution is -2.49. The molecule has 0 bridgehead atoms. The van der Waals surface area contributed by atoms with Crippen LogP contribution in [0.4, 0.5) is 0 Å². The molecule has 0 radical (unpaired) electrons. The van der Waals surface area contributed by atoms with E-state index < -0.39 is 0 Å². The van der Waals surface area contributed by atoms with Crippen molar-refractivity contribution >= 4 is 5.91 Å². The summed E-state index contributed by atoms with van der Waals surface area (Å²) in [7, 11) is 0. The second-order valence-corrected chi connectivity index (χ2v) is 4.20. The quantitative estimate of drug-likeness (QED) is 0.673. The highest BCUT2D eigenvalue weighted by Gasteiger charge is 2.37. The van der Waals surface area contributed by atoms with E-state index in [1.54, 1.807) is 6.92 Å². The number of carbonyl (C=O) groups is 1.